The first-order valence-electron chi connectivity index (χ1n) is 20.9. The van der Waals surface area contributed by atoms with E-state index in [1.807, 2.05) is 24.5 Å². The molecule has 0 saturated carbocycles. The number of fused-ring (bicyclic) bond motifs is 6. The minimum absolute atomic E-state index is 0.639. The maximum atomic E-state index is 5.37. The molecule has 0 aliphatic carbocycles. The van der Waals surface area contributed by atoms with E-state index in [0.29, 0.717) is 5.95 Å². The molecule has 5 nitrogen and oxygen atoms in total. The summed E-state index contributed by atoms with van der Waals surface area (Å²) in [6.07, 6.45) is 3.85. The Kier molecular flexibility index (Phi) is 8.42. The van der Waals surface area contributed by atoms with Gasteiger partial charge in [-0.1, -0.05) is 170 Å². The second-order valence-electron chi connectivity index (χ2n) is 15.7. The van der Waals surface area contributed by atoms with Gasteiger partial charge in [0.25, 0.3) is 0 Å². The number of hydrogen-bond donors (Lipinski definition) is 0. The van der Waals surface area contributed by atoms with Crippen LogP contribution in [0.25, 0.3) is 111 Å². The first-order valence-corrected chi connectivity index (χ1v) is 20.9. The zero-order valence-electron chi connectivity index (χ0n) is 33.6. The predicted molar refractivity (Wildman–Crippen MR) is 256 cm³/mol. The van der Waals surface area contributed by atoms with Crippen LogP contribution < -0.4 is 0 Å². The third-order valence-corrected chi connectivity index (χ3v) is 12.1. The standard InChI is InChI=1S/C57H37N5/c1-4-14-38(15-5-1)40-24-26-41(27-25-40)46-36-58-57(59-37-46)62-53-23-13-11-21-48(53)50-32-43(29-31-54(50)62)44-28-30-49-47-20-10-12-22-52(47)61(55(49)34-44)56-35-45(39-16-6-2-7-17-39)33-51(60-56)42-18-8-3-9-19-42/h1-37H. The topological polar surface area (TPSA) is 48.5 Å². The van der Waals surface area contributed by atoms with Crippen molar-refractivity contribution in [3.05, 3.63) is 225 Å². The molecule has 0 N–H and O–H groups in total. The average molecular weight is 792 g/mol. The molecule has 0 spiro atoms. The molecule has 0 fully saturated rings. The normalized spacial score (nSPS) is 11.5. The van der Waals surface area contributed by atoms with Crippen LogP contribution in [0.15, 0.2) is 225 Å². The van der Waals surface area contributed by atoms with Gasteiger partial charge in [0, 0.05) is 45.1 Å². The van der Waals surface area contributed by atoms with Gasteiger partial charge in [-0.3, -0.25) is 9.13 Å². The van der Waals surface area contributed by atoms with Crippen molar-refractivity contribution >= 4 is 43.6 Å². The zero-order chi connectivity index (χ0) is 41.0. The minimum Gasteiger partial charge on any atom is -0.294 e. The molecule has 4 aromatic heterocycles. The molecule has 0 aliphatic heterocycles. The van der Waals surface area contributed by atoms with Crippen LogP contribution in [0.1, 0.15) is 0 Å². The molecule has 8 aromatic carbocycles. The molecule has 5 heteroatoms. The molecule has 12 rings (SSSR count). The van der Waals surface area contributed by atoms with Gasteiger partial charge in [0.1, 0.15) is 5.82 Å². The Morgan fingerprint density at radius 3 is 1.42 bits per heavy atom. The molecule has 0 radical (unpaired) electrons. The van der Waals surface area contributed by atoms with Crippen molar-refractivity contribution in [1.82, 2.24) is 24.1 Å². The molecule has 0 saturated heterocycles. The number of hydrogen-bond acceptors (Lipinski definition) is 3. The quantitative estimate of drug-likeness (QED) is 0.162. The smallest absolute Gasteiger partial charge is 0.234 e. The highest BCUT2D eigenvalue weighted by molar-refractivity contribution is 6.12. The summed E-state index contributed by atoms with van der Waals surface area (Å²) in [7, 11) is 0. The maximum Gasteiger partial charge on any atom is 0.234 e. The monoisotopic (exact) mass is 791 g/mol. The molecule has 0 bridgehead atoms. The lowest BCUT2D eigenvalue weighted by Crippen LogP contribution is -2.00. The van der Waals surface area contributed by atoms with E-state index >= 15 is 0 Å². The summed E-state index contributed by atoms with van der Waals surface area (Å²) in [5, 5.41) is 4.67. The van der Waals surface area contributed by atoms with E-state index in [0.717, 1.165) is 83.3 Å². The van der Waals surface area contributed by atoms with Gasteiger partial charge in [0.2, 0.25) is 5.95 Å². The molecular formula is C57H37N5. The van der Waals surface area contributed by atoms with Crippen LogP contribution in [0, 0.1) is 0 Å². The van der Waals surface area contributed by atoms with Gasteiger partial charge in [-0.25, -0.2) is 15.0 Å². The van der Waals surface area contributed by atoms with E-state index in [9.17, 15) is 0 Å². The largest absolute Gasteiger partial charge is 0.294 e. The number of pyridine rings is 1. The Bertz CT molecular complexity index is 3530. The molecule has 0 atom stereocenters. The van der Waals surface area contributed by atoms with Crippen LogP contribution in [-0.2, 0) is 0 Å². The lowest BCUT2D eigenvalue weighted by molar-refractivity contribution is 0.990. The highest BCUT2D eigenvalue weighted by Gasteiger charge is 2.19. The van der Waals surface area contributed by atoms with Gasteiger partial charge in [-0.2, -0.15) is 0 Å². The van der Waals surface area contributed by atoms with Crippen molar-refractivity contribution in [2.75, 3.05) is 0 Å². The van der Waals surface area contributed by atoms with E-state index in [4.69, 9.17) is 15.0 Å². The van der Waals surface area contributed by atoms with Crippen LogP contribution in [0.2, 0.25) is 0 Å². The fraction of sp³-hybridized carbons (Fsp3) is 0. The van der Waals surface area contributed by atoms with Gasteiger partial charge in [0.05, 0.1) is 27.8 Å². The van der Waals surface area contributed by atoms with Crippen LogP contribution >= 0.6 is 0 Å². The third-order valence-electron chi connectivity index (χ3n) is 12.1. The van der Waals surface area contributed by atoms with Crippen LogP contribution in [0.5, 0.6) is 0 Å². The Morgan fingerprint density at radius 1 is 0.274 bits per heavy atom. The van der Waals surface area contributed by atoms with Crippen LogP contribution in [-0.4, -0.2) is 24.1 Å². The van der Waals surface area contributed by atoms with E-state index in [1.54, 1.807) is 0 Å². The lowest BCUT2D eigenvalue weighted by Gasteiger charge is -2.13. The van der Waals surface area contributed by atoms with Gasteiger partial charge in [-0.05, 0) is 81.4 Å². The average Bonchev–Trinajstić information content (AvgIpc) is 3.87. The fourth-order valence-corrected chi connectivity index (χ4v) is 9.02. The van der Waals surface area contributed by atoms with E-state index in [1.165, 1.54) is 21.9 Å². The van der Waals surface area contributed by atoms with Crippen molar-refractivity contribution < 1.29 is 0 Å². The maximum absolute atomic E-state index is 5.37. The van der Waals surface area contributed by atoms with Crippen LogP contribution in [0.4, 0.5) is 0 Å². The molecule has 0 aliphatic rings. The van der Waals surface area contributed by atoms with Gasteiger partial charge in [-0.15, -0.1) is 0 Å². The summed E-state index contributed by atoms with van der Waals surface area (Å²) in [4.78, 5) is 15.3. The van der Waals surface area contributed by atoms with E-state index in [-0.39, 0.29) is 0 Å². The Balaban J connectivity index is 0.967. The molecule has 4 heterocycles. The number of benzene rings is 8. The first kappa shape index (κ1) is 35.5. The Morgan fingerprint density at radius 2 is 0.742 bits per heavy atom. The minimum atomic E-state index is 0.639. The molecule has 0 unspecified atom stereocenters. The highest BCUT2D eigenvalue weighted by atomic mass is 15.1. The highest BCUT2D eigenvalue weighted by Crippen LogP contribution is 2.39. The third kappa shape index (κ3) is 6.06. The molecule has 12 aromatic rings. The summed E-state index contributed by atoms with van der Waals surface area (Å²) in [6.45, 7) is 0. The van der Waals surface area contributed by atoms with Gasteiger partial charge < -0.3 is 0 Å². The Hall–Kier alpha value is -8.41. The SMILES string of the molecule is c1ccc(-c2ccc(-c3cnc(-n4c5ccccc5c5cc(-c6ccc7c8ccccc8n(-c8cc(-c9ccccc9)cc(-c9ccccc9)n8)c7c6)ccc54)nc3)cc2)cc1. The fourth-order valence-electron chi connectivity index (χ4n) is 9.02. The summed E-state index contributed by atoms with van der Waals surface area (Å²) in [5.41, 5.74) is 15.3. The molecular weight excluding hydrogens is 755 g/mol. The number of para-hydroxylation sites is 2. The Labute approximate surface area is 358 Å². The van der Waals surface area contributed by atoms with Crippen molar-refractivity contribution in [3.8, 4) is 67.5 Å². The summed E-state index contributed by atoms with van der Waals surface area (Å²) < 4.78 is 4.50. The van der Waals surface area contributed by atoms with Crippen LogP contribution in [0.3, 0.4) is 0 Å². The molecule has 62 heavy (non-hydrogen) atoms. The summed E-state index contributed by atoms with van der Waals surface area (Å²) in [6, 6.07) is 75.2. The second-order valence-corrected chi connectivity index (χ2v) is 15.7. The van der Waals surface area contributed by atoms with Gasteiger partial charge in [0.15, 0.2) is 0 Å². The van der Waals surface area contributed by atoms with E-state index < -0.39 is 0 Å². The van der Waals surface area contributed by atoms with Crippen molar-refractivity contribution in [2.24, 2.45) is 0 Å². The van der Waals surface area contributed by atoms with Crippen molar-refractivity contribution in [1.29, 1.82) is 0 Å². The summed E-state index contributed by atoms with van der Waals surface area (Å²) in [5.74, 6) is 1.52. The van der Waals surface area contributed by atoms with Gasteiger partial charge >= 0.3 is 0 Å². The molecule has 0 amide bonds. The second kappa shape index (κ2) is 14.7. The number of nitrogens with zero attached hydrogens (tertiary/aromatic N) is 5. The number of rotatable bonds is 7. The zero-order valence-corrected chi connectivity index (χ0v) is 33.6. The lowest BCUT2D eigenvalue weighted by atomic mass is 10.0. The van der Waals surface area contributed by atoms with Crippen molar-refractivity contribution in [2.45, 2.75) is 0 Å². The molecule has 290 valence electrons. The predicted octanol–water partition coefficient (Wildman–Crippen LogP) is 14.4. The number of aromatic nitrogens is 5. The summed E-state index contributed by atoms with van der Waals surface area (Å²) >= 11 is 0. The first-order chi connectivity index (χ1) is 30.7. The van der Waals surface area contributed by atoms with E-state index in [2.05, 4.69) is 209 Å². The van der Waals surface area contributed by atoms with Crippen molar-refractivity contribution in [3.63, 3.8) is 0 Å².